The Morgan fingerprint density at radius 3 is 2.33 bits per heavy atom. The van der Waals surface area contributed by atoms with Gasteiger partial charge in [-0.1, -0.05) is 0 Å². The molecule has 0 amide bonds. The van der Waals surface area contributed by atoms with Crippen molar-refractivity contribution in [3.05, 3.63) is 60.0 Å². The molecule has 4 heterocycles. The Labute approximate surface area is 190 Å². The Hall–Kier alpha value is -3.36. The van der Waals surface area contributed by atoms with Crippen LogP contribution in [0.2, 0.25) is 0 Å². The molecular formula is C24H25F3N6. The summed E-state index contributed by atoms with van der Waals surface area (Å²) in [5, 5.41) is 0. The summed E-state index contributed by atoms with van der Waals surface area (Å²) in [4.78, 5) is 19.9. The number of halogens is 3. The first-order valence-electron chi connectivity index (χ1n) is 11.2. The van der Waals surface area contributed by atoms with Crippen LogP contribution in [0.1, 0.15) is 19.8 Å². The highest BCUT2D eigenvalue weighted by Gasteiger charge is 2.26. The molecule has 2 saturated heterocycles. The molecular weight excluding hydrogens is 429 g/mol. The molecule has 2 aliphatic rings. The number of rotatable bonds is 4. The molecule has 2 fully saturated rings. The zero-order valence-electron chi connectivity index (χ0n) is 18.4. The monoisotopic (exact) mass is 454 g/mol. The fraction of sp³-hybridized carbons (Fsp3) is 0.375. The van der Waals surface area contributed by atoms with E-state index in [4.69, 9.17) is 9.97 Å². The predicted octanol–water partition coefficient (Wildman–Crippen LogP) is 4.27. The van der Waals surface area contributed by atoms with Gasteiger partial charge >= 0.3 is 0 Å². The van der Waals surface area contributed by atoms with Crippen LogP contribution >= 0.6 is 0 Å². The van der Waals surface area contributed by atoms with E-state index in [1.165, 1.54) is 18.2 Å². The molecule has 3 aromatic rings. The van der Waals surface area contributed by atoms with Gasteiger partial charge in [0.15, 0.2) is 23.3 Å². The smallest absolute Gasteiger partial charge is 0.228 e. The zero-order valence-corrected chi connectivity index (χ0v) is 18.4. The largest absolute Gasteiger partial charge is 0.353 e. The van der Waals surface area contributed by atoms with Crippen LogP contribution in [0.4, 0.5) is 30.8 Å². The van der Waals surface area contributed by atoms with Crippen molar-refractivity contribution in [2.24, 2.45) is 0 Å². The van der Waals surface area contributed by atoms with Gasteiger partial charge in [0.1, 0.15) is 5.82 Å². The number of aromatic nitrogens is 3. The fourth-order valence-electron chi connectivity index (χ4n) is 4.50. The Kier molecular flexibility index (Phi) is 5.78. The van der Waals surface area contributed by atoms with Crippen LogP contribution in [0.3, 0.4) is 0 Å². The first-order valence-corrected chi connectivity index (χ1v) is 11.2. The van der Waals surface area contributed by atoms with Crippen LogP contribution in [0.25, 0.3) is 11.3 Å². The minimum atomic E-state index is -0.908. The molecule has 9 heteroatoms. The topological polar surface area (TPSA) is 48.4 Å². The minimum absolute atomic E-state index is 0.307. The molecule has 6 nitrogen and oxygen atoms in total. The third kappa shape index (κ3) is 4.31. The minimum Gasteiger partial charge on any atom is -0.353 e. The lowest BCUT2D eigenvalue weighted by Gasteiger charge is -2.36. The molecule has 1 aromatic carbocycles. The maximum Gasteiger partial charge on any atom is 0.228 e. The van der Waals surface area contributed by atoms with E-state index in [2.05, 4.69) is 21.7 Å². The fourth-order valence-corrected chi connectivity index (χ4v) is 4.50. The quantitative estimate of drug-likeness (QED) is 0.587. The molecule has 33 heavy (non-hydrogen) atoms. The second-order valence-corrected chi connectivity index (χ2v) is 8.51. The third-order valence-electron chi connectivity index (χ3n) is 6.37. The molecule has 0 spiro atoms. The van der Waals surface area contributed by atoms with Gasteiger partial charge in [0.25, 0.3) is 0 Å². The van der Waals surface area contributed by atoms with Crippen molar-refractivity contribution in [1.29, 1.82) is 0 Å². The maximum absolute atomic E-state index is 14.2. The van der Waals surface area contributed by atoms with Gasteiger partial charge in [0.2, 0.25) is 5.95 Å². The molecule has 0 aliphatic carbocycles. The first kappa shape index (κ1) is 21.5. The van der Waals surface area contributed by atoms with Crippen molar-refractivity contribution >= 4 is 17.6 Å². The normalized spacial score (nSPS) is 18.8. The van der Waals surface area contributed by atoms with E-state index >= 15 is 0 Å². The van der Waals surface area contributed by atoms with E-state index in [1.807, 2.05) is 11.0 Å². The summed E-state index contributed by atoms with van der Waals surface area (Å²) < 4.78 is 41.6. The lowest BCUT2D eigenvalue weighted by molar-refractivity contribution is 0.509. The maximum atomic E-state index is 14.2. The van der Waals surface area contributed by atoms with Crippen LogP contribution in [0.5, 0.6) is 0 Å². The number of hydrogen-bond donors (Lipinski definition) is 0. The summed E-state index contributed by atoms with van der Waals surface area (Å²) in [5.74, 6) is -0.461. The van der Waals surface area contributed by atoms with Gasteiger partial charge in [-0.05, 0) is 50.1 Å². The summed E-state index contributed by atoms with van der Waals surface area (Å²) in [6.07, 6.45) is 3.71. The van der Waals surface area contributed by atoms with Crippen molar-refractivity contribution in [2.45, 2.75) is 25.8 Å². The average molecular weight is 455 g/mol. The van der Waals surface area contributed by atoms with E-state index in [9.17, 15) is 13.2 Å². The lowest BCUT2D eigenvalue weighted by Crippen LogP contribution is -2.47. The summed E-state index contributed by atoms with van der Waals surface area (Å²) in [6.45, 7) is 5.43. The third-order valence-corrected chi connectivity index (χ3v) is 6.37. The molecule has 2 aliphatic heterocycles. The standard InChI is InChI=1S/C24H25F3N6/c1-16-4-3-9-33(16)24-29-21(17-6-7-18(25)20(27)14-17)15-22(30-24)31-10-12-32(13-11-31)23-19(26)5-2-8-28-23/h2,5-8,14-16H,3-4,9-13H2,1H3/t16-/m1/s1. The number of benzene rings is 1. The van der Waals surface area contributed by atoms with Crippen LogP contribution in [-0.2, 0) is 0 Å². The highest BCUT2D eigenvalue weighted by molar-refractivity contribution is 5.65. The summed E-state index contributed by atoms with van der Waals surface area (Å²) in [5.41, 5.74) is 1.05. The van der Waals surface area contributed by atoms with Crippen LogP contribution in [-0.4, -0.2) is 53.7 Å². The van der Waals surface area contributed by atoms with Crippen LogP contribution in [0, 0.1) is 17.5 Å². The Morgan fingerprint density at radius 2 is 1.64 bits per heavy atom. The molecule has 172 valence electrons. The van der Waals surface area contributed by atoms with Crippen molar-refractivity contribution in [2.75, 3.05) is 47.4 Å². The molecule has 2 aromatic heterocycles. The zero-order chi connectivity index (χ0) is 22.9. The molecule has 0 bridgehead atoms. The molecule has 0 radical (unpaired) electrons. The molecule has 0 N–H and O–H groups in total. The number of piperazine rings is 1. The second-order valence-electron chi connectivity index (χ2n) is 8.51. The number of hydrogen-bond acceptors (Lipinski definition) is 6. The number of nitrogens with zero attached hydrogens (tertiary/aromatic N) is 6. The Bertz CT molecular complexity index is 1150. The van der Waals surface area contributed by atoms with Crippen molar-refractivity contribution in [3.8, 4) is 11.3 Å². The first-order chi connectivity index (χ1) is 16.0. The Balaban J connectivity index is 1.45. The van der Waals surface area contributed by atoms with Gasteiger partial charge < -0.3 is 14.7 Å². The summed E-state index contributed by atoms with van der Waals surface area (Å²) >= 11 is 0. The summed E-state index contributed by atoms with van der Waals surface area (Å²) in [6, 6.07) is 8.93. The lowest BCUT2D eigenvalue weighted by atomic mass is 10.1. The van der Waals surface area contributed by atoms with Gasteiger partial charge in [-0.15, -0.1) is 0 Å². The molecule has 5 rings (SSSR count). The highest BCUT2D eigenvalue weighted by Crippen LogP contribution is 2.30. The average Bonchev–Trinajstić information content (AvgIpc) is 3.27. The number of pyridine rings is 1. The van der Waals surface area contributed by atoms with E-state index < -0.39 is 11.6 Å². The second kappa shape index (κ2) is 8.88. The van der Waals surface area contributed by atoms with Gasteiger partial charge in [-0.25, -0.2) is 23.1 Å². The van der Waals surface area contributed by atoms with Crippen molar-refractivity contribution in [1.82, 2.24) is 15.0 Å². The van der Waals surface area contributed by atoms with Gasteiger partial charge in [-0.3, -0.25) is 0 Å². The van der Waals surface area contributed by atoms with Gasteiger partial charge in [0.05, 0.1) is 5.69 Å². The Morgan fingerprint density at radius 1 is 0.848 bits per heavy atom. The number of anilines is 3. The predicted molar refractivity (Wildman–Crippen MR) is 122 cm³/mol. The van der Waals surface area contributed by atoms with Crippen molar-refractivity contribution in [3.63, 3.8) is 0 Å². The van der Waals surface area contributed by atoms with Crippen LogP contribution in [0.15, 0.2) is 42.6 Å². The summed E-state index contributed by atoms with van der Waals surface area (Å²) in [7, 11) is 0. The molecule has 0 saturated carbocycles. The van der Waals surface area contributed by atoms with E-state index in [-0.39, 0.29) is 5.82 Å². The highest BCUT2D eigenvalue weighted by atomic mass is 19.2. The molecule has 0 unspecified atom stereocenters. The SMILES string of the molecule is C[C@@H]1CCCN1c1nc(-c2ccc(F)c(F)c2)cc(N2CCN(c3ncccc3F)CC2)n1. The van der Waals surface area contributed by atoms with E-state index in [1.54, 1.807) is 12.3 Å². The van der Waals surface area contributed by atoms with Gasteiger partial charge in [-0.2, -0.15) is 4.98 Å². The van der Waals surface area contributed by atoms with E-state index in [0.29, 0.717) is 55.2 Å². The molecule has 1 atom stereocenters. The van der Waals surface area contributed by atoms with E-state index in [0.717, 1.165) is 31.3 Å². The van der Waals surface area contributed by atoms with Gasteiger partial charge in [0, 0.05) is 56.6 Å². The van der Waals surface area contributed by atoms with Crippen LogP contribution < -0.4 is 14.7 Å². The van der Waals surface area contributed by atoms with Crippen molar-refractivity contribution < 1.29 is 13.2 Å².